The number of carbonyl (C=O) groups excluding carboxylic acids is 7. The van der Waals surface area contributed by atoms with E-state index in [0.29, 0.717) is 69.3 Å². The molecule has 58 heavy (non-hydrogen) atoms. The fraction of sp³-hybridized carbons (Fsp3) is 0.475. The molecule has 0 spiro atoms. The second-order valence-corrected chi connectivity index (χ2v) is 12.2. The van der Waals surface area contributed by atoms with E-state index in [0.717, 1.165) is 23.5 Å². The summed E-state index contributed by atoms with van der Waals surface area (Å²) in [6, 6.07) is 4.09. The molecule has 1 aliphatic heterocycles. The third-order valence-electron chi connectivity index (χ3n) is 8.13. The van der Waals surface area contributed by atoms with E-state index < -0.39 is 53.6 Å². The predicted octanol–water partition coefficient (Wildman–Crippen LogP) is 2.94. The Labute approximate surface area is 339 Å². The van der Waals surface area contributed by atoms with Crippen LogP contribution < -0.4 is 32.3 Å². The van der Waals surface area contributed by atoms with E-state index in [4.69, 9.17) is 15.9 Å². The van der Waals surface area contributed by atoms with Gasteiger partial charge in [0.25, 0.3) is 11.8 Å². The number of nitrogens with zero attached hydrogens (tertiary/aromatic N) is 1. The fourth-order valence-electron chi connectivity index (χ4n) is 5.11. The Morgan fingerprint density at radius 1 is 0.759 bits per heavy atom. The van der Waals surface area contributed by atoms with Crippen molar-refractivity contribution in [3.8, 4) is 0 Å². The normalized spacial score (nSPS) is 13.4. The van der Waals surface area contributed by atoms with E-state index in [1.54, 1.807) is 6.07 Å². The SMILES string of the molecule is CC.CC.CCCNC(N)=O.O=C(O)/C=C/c1ccc(/C=C/C(=O)O)c(NC(=O)CCNC(=O)CNC(=O)C2(C(=O)NCCCCCN3C(=O)C=CC3=O)CCC2)c1. The van der Waals surface area contributed by atoms with Gasteiger partial charge in [0.05, 0.1) is 6.54 Å². The lowest BCUT2D eigenvalue weighted by Crippen LogP contribution is -2.56. The zero-order valence-corrected chi connectivity index (χ0v) is 34.0. The van der Waals surface area contributed by atoms with Crippen LogP contribution in [0.2, 0.25) is 0 Å². The quantitative estimate of drug-likeness (QED) is 0.0410. The molecular weight excluding hydrogens is 754 g/mol. The monoisotopic (exact) mass is 813 g/mol. The van der Waals surface area contributed by atoms with Crippen LogP contribution in [-0.4, -0.2) is 101 Å². The number of anilines is 1. The molecule has 1 aromatic carbocycles. The summed E-state index contributed by atoms with van der Waals surface area (Å²) in [6.07, 6.45) is 10.8. The Kier molecular flexibility index (Phi) is 25.8. The third-order valence-corrected chi connectivity index (χ3v) is 8.13. The highest BCUT2D eigenvalue weighted by Crippen LogP contribution is 2.41. The van der Waals surface area contributed by atoms with Crippen LogP contribution in [0.25, 0.3) is 12.2 Å². The second-order valence-electron chi connectivity index (χ2n) is 12.2. The highest BCUT2D eigenvalue weighted by Gasteiger charge is 2.50. The second kappa shape index (κ2) is 29.0. The molecule has 0 radical (unpaired) electrons. The maximum absolute atomic E-state index is 12.9. The molecule has 1 fully saturated rings. The van der Waals surface area contributed by atoms with Gasteiger partial charge in [-0.25, -0.2) is 14.4 Å². The van der Waals surface area contributed by atoms with Crippen LogP contribution in [0.1, 0.15) is 97.1 Å². The molecule has 9 N–H and O–H groups in total. The Morgan fingerprint density at radius 3 is 1.90 bits per heavy atom. The van der Waals surface area contributed by atoms with Gasteiger partial charge in [-0.1, -0.05) is 53.2 Å². The van der Waals surface area contributed by atoms with Crippen molar-refractivity contribution in [3.05, 3.63) is 53.6 Å². The minimum Gasteiger partial charge on any atom is -0.478 e. The number of carboxylic acid groups (broad SMARTS) is 2. The molecule has 1 aliphatic carbocycles. The molecule has 0 bridgehead atoms. The number of hydrogen-bond acceptors (Lipinski definition) is 9. The third kappa shape index (κ3) is 19.5. The number of benzene rings is 1. The molecule has 1 saturated carbocycles. The molecule has 8 amide bonds. The van der Waals surface area contributed by atoms with Gasteiger partial charge in [-0.2, -0.15) is 0 Å². The Balaban J connectivity index is 0.00000263. The van der Waals surface area contributed by atoms with Gasteiger partial charge < -0.3 is 42.5 Å². The minimum absolute atomic E-state index is 0.0817. The van der Waals surface area contributed by atoms with Gasteiger partial charge in [-0.3, -0.25) is 33.7 Å². The molecular formula is C40H59N7O11. The lowest BCUT2D eigenvalue weighted by Gasteiger charge is -2.38. The minimum atomic E-state index is -1.26. The van der Waals surface area contributed by atoms with E-state index in [9.17, 15) is 43.2 Å². The average molecular weight is 814 g/mol. The molecule has 1 aromatic rings. The van der Waals surface area contributed by atoms with Crippen molar-refractivity contribution >= 4 is 71.3 Å². The molecule has 0 saturated heterocycles. The largest absolute Gasteiger partial charge is 0.478 e. The van der Waals surface area contributed by atoms with E-state index >= 15 is 0 Å². The van der Waals surface area contributed by atoms with Crippen LogP contribution in [0, 0.1) is 5.41 Å². The first-order valence-electron chi connectivity index (χ1n) is 19.3. The van der Waals surface area contributed by atoms with Crippen molar-refractivity contribution < 1.29 is 53.4 Å². The highest BCUT2D eigenvalue weighted by molar-refractivity contribution is 6.12. The lowest BCUT2D eigenvalue weighted by atomic mass is 9.67. The van der Waals surface area contributed by atoms with Crippen molar-refractivity contribution in [2.24, 2.45) is 11.1 Å². The molecule has 320 valence electrons. The van der Waals surface area contributed by atoms with E-state index in [-0.39, 0.29) is 30.5 Å². The summed E-state index contributed by atoms with van der Waals surface area (Å²) in [4.78, 5) is 107. The molecule has 2 aliphatic rings. The Morgan fingerprint density at radius 2 is 1.36 bits per heavy atom. The summed E-state index contributed by atoms with van der Waals surface area (Å²) in [5, 5.41) is 30.6. The lowest BCUT2D eigenvalue weighted by molar-refractivity contribution is -0.150. The highest BCUT2D eigenvalue weighted by atomic mass is 16.4. The molecule has 18 nitrogen and oxygen atoms in total. The Bertz CT molecular complexity index is 1650. The number of hydrogen-bond donors (Lipinski definition) is 8. The predicted molar refractivity (Wildman–Crippen MR) is 219 cm³/mol. The fourth-order valence-corrected chi connectivity index (χ4v) is 5.11. The number of urea groups is 1. The number of rotatable bonds is 20. The maximum Gasteiger partial charge on any atom is 0.328 e. The van der Waals surface area contributed by atoms with Crippen LogP contribution in [0.4, 0.5) is 10.5 Å². The van der Waals surface area contributed by atoms with Crippen molar-refractivity contribution in [1.82, 2.24) is 26.2 Å². The van der Waals surface area contributed by atoms with Gasteiger partial charge in [0.15, 0.2) is 0 Å². The number of carbonyl (C=O) groups is 9. The molecule has 3 rings (SSSR count). The zero-order chi connectivity index (χ0) is 44.1. The first kappa shape index (κ1) is 51.7. The van der Waals surface area contributed by atoms with Crippen LogP contribution in [0.5, 0.6) is 0 Å². The Hall–Kier alpha value is -6.33. The summed E-state index contributed by atoms with van der Waals surface area (Å²) < 4.78 is 0. The number of imide groups is 1. The number of aliphatic carboxylic acids is 2. The van der Waals surface area contributed by atoms with Gasteiger partial charge in [0.2, 0.25) is 23.6 Å². The number of unbranched alkanes of at least 4 members (excludes halogenated alkanes) is 2. The van der Waals surface area contributed by atoms with Crippen LogP contribution >= 0.6 is 0 Å². The first-order valence-corrected chi connectivity index (χ1v) is 19.3. The first-order chi connectivity index (χ1) is 27.7. The van der Waals surface area contributed by atoms with Crippen molar-refractivity contribution in [1.29, 1.82) is 0 Å². The van der Waals surface area contributed by atoms with Crippen LogP contribution in [0.15, 0.2) is 42.5 Å². The van der Waals surface area contributed by atoms with E-state index in [1.165, 1.54) is 36.4 Å². The van der Waals surface area contributed by atoms with E-state index in [2.05, 4.69) is 26.6 Å². The van der Waals surface area contributed by atoms with Gasteiger partial charge in [-0.15, -0.1) is 0 Å². The summed E-state index contributed by atoms with van der Waals surface area (Å²) in [7, 11) is 0. The standard InChI is InChI=1S/C32H37N5O10.C4H10N2O.2C2H6/c38-24(36-23-19-21(6-11-28(42)43)5-7-22(23)8-12-29(44)45)13-17-33-25(39)20-35-31(47)32(14-4-15-32)30(46)34-16-2-1-3-18-37-26(40)9-10-27(37)41;1-2-3-6-4(5)7;2*1-2/h5-12,19H,1-4,13-18,20H2,(H,33,39)(H,34,46)(H,35,47)(H,36,38)(H,42,43)(H,44,45);2-3H2,1H3,(H3,5,6,7);2*1-2H3/b11-6+,12-8+;;;. The molecule has 18 heteroatoms. The molecule has 0 unspecified atom stereocenters. The van der Waals surface area contributed by atoms with Crippen molar-refractivity contribution in [3.63, 3.8) is 0 Å². The average Bonchev–Trinajstić information content (AvgIpc) is 3.50. The van der Waals surface area contributed by atoms with Gasteiger partial charge in [0.1, 0.15) is 5.41 Å². The number of amides is 8. The van der Waals surface area contributed by atoms with Gasteiger partial charge in [-0.05, 0) is 67.9 Å². The summed E-state index contributed by atoms with van der Waals surface area (Å²) in [5.41, 5.74) is 4.50. The summed E-state index contributed by atoms with van der Waals surface area (Å²) >= 11 is 0. The number of primary amides is 1. The number of carboxylic acids is 2. The molecule has 0 atom stereocenters. The van der Waals surface area contributed by atoms with Gasteiger partial charge >= 0.3 is 18.0 Å². The maximum atomic E-state index is 12.9. The summed E-state index contributed by atoms with van der Waals surface area (Å²) in [6.45, 7) is 10.8. The topological polar surface area (TPSA) is 284 Å². The molecule has 1 heterocycles. The van der Waals surface area contributed by atoms with Crippen molar-refractivity contribution in [2.45, 2.75) is 86.0 Å². The van der Waals surface area contributed by atoms with Gasteiger partial charge in [0, 0.05) is 62.6 Å². The van der Waals surface area contributed by atoms with Crippen LogP contribution in [-0.2, 0) is 38.4 Å². The van der Waals surface area contributed by atoms with Crippen molar-refractivity contribution in [2.75, 3.05) is 38.0 Å². The summed E-state index contributed by atoms with van der Waals surface area (Å²) in [5.74, 6) is -5.12. The number of nitrogens with one attached hydrogen (secondary N) is 5. The smallest absolute Gasteiger partial charge is 0.328 e. The number of nitrogens with two attached hydrogens (primary N) is 1. The zero-order valence-electron chi connectivity index (χ0n) is 34.0. The van der Waals surface area contributed by atoms with Crippen LogP contribution in [0.3, 0.4) is 0 Å². The molecule has 0 aromatic heterocycles. The van der Waals surface area contributed by atoms with E-state index in [1.807, 2.05) is 34.6 Å².